The Morgan fingerprint density at radius 2 is 1.88 bits per heavy atom. The normalized spacial score (nSPS) is 14.4. The van der Waals surface area contributed by atoms with E-state index in [0.717, 1.165) is 13.1 Å². The van der Waals surface area contributed by atoms with Gasteiger partial charge in [0.2, 0.25) is 11.8 Å². The first-order chi connectivity index (χ1) is 12.4. The fraction of sp³-hybridized carbons (Fsp3) is 0.421. The Hall–Kier alpha value is -2.83. The molecule has 1 aliphatic rings. The summed E-state index contributed by atoms with van der Waals surface area (Å²) in [6.07, 6.45) is 0. The zero-order valence-corrected chi connectivity index (χ0v) is 15.4. The van der Waals surface area contributed by atoms with Gasteiger partial charge in [-0.2, -0.15) is 0 Å². The summed E-state index contributed by atoms with van der Waals surface area (Å²) < 4.78 is 5.02. The molecule has 1 saturated heterocycles. The summed E-state index contributed by atoms with van der Waals surface area (Å²) in [6.45, 7) is 8.05. The zero-order chi connectivity index (χ0) is 18.7. The summed E-state index contributed by atoms with van der Waals surface area (Å²) in [6, 6.07) is 10.0. The largest absolute Gasteiger partial charge is 0.368 e. The molecule has 1 aromatic heterocycles. The molecule has 0 atom stereocenters. The maximum Gasteiger partial charge on any atom is 0.242 e. The van der Waals surface area contributed by atoms with E-state index in [1.54, 1.807) is 17.9 Å². The molecule has 0 saturated carbocycles. The molecule has 0 bridgehead atoms. The highest BCUT2D eigenvalue weighted by Crippen LogP contribution is 2.19. The predicted molar refractivity (Wildman–Crippen MR) is 99.2 cm³/mol. The smallest absolute Gasteiger partial charge is 0.242 e. The molecule has 0 unspecified atom stereocenters. The van der Waals surface area contributed by atoms with E-state index in [0.29, 0.717) is 24.7 Å². The number of nitrogens with zero attached hydrogens (tertiary/aromatic N) is 4. The van der Waals surface area contributed by atoms with E-state index < -0.39 is 0 Å². The molecule has 7 heteroatoms. The van der Waals surface area contributed by atoms with Crippen molar-refractivity contribution in [3.63, 3.8) is 0 Å². The average molecular weight is 356 g/mol. The first-order valence-corrected chi connectivity index (χ1v) is 8.75. The number of piperazine rings is 1. The van der Waals surface area contributed by atoms with Gasteiger partial charge in [-0.25, -0.2) is 0 Å². The minimum Gasteiger partial charge on any atom is -0.368 e. The van der Waals surface area contributed by atoms with Crippen LogP contribution in [0.5, 0.6) is 0 Å². The number of benzene rings is 1. The first kappa shape index (κ1) is 18.0. The van der Waals surface area contributed by atoms with Crippen molar-refractivity contribution in [3.8, 4) is 0 Å². The number of hydrogen-bond donors (Lipinski definition) is 0. The number of rotatable bonds is 4. The van der Waals surface area contributed by atoms with Crippen LogP contribution in [0.3, 0.4) is 0 Å². The van der Waals surface area contributed by atoms with Crippen molar-refractivity contribution in [2.24, 2.45) is 0 Å². The molecule has 0 N–H and O–H groups in total. The molecule has 1 aliphatic heterocycles. The minimum atomic E-state index is -0.231. The van der Waals surface area contributed by atoms with Crippen LogP contribution in [-0.4, -0.2) is 54.6 Å². The molecular formula is C19H24N4O3. The van der Waals surface area contributed by atoms with Crippen molar-refractivity contribution in [2.75, 3.05) is 42.5 Å². The third kappa shape index (κ3) is 4.04. The zero-order valence-electron chi connectivity index (χ0n) is 15.4. The average Bonchev–Trinajstić information content (AvgIpc) is 3.05. The highest BCUT2D eigenvalue weighted by atomic mass is 16.5. The number of carbonyl (C=O) groups excluding carboxylic acids is 2. The van der Waals surface area contributed by atoms with Crippen molar-refractivity contribution in [1.82, 2.24) is 10.1 Å². The maximum absolute atomic E-state index is 12.6. The SMILES string of the molecule is CC(=O)N(CC(=O)N1CCN(c2cccc(C)c2)CC1)c1cc(C)on1. The van der Waals surface area contributed by atoms with Crippen LogP contribution < -0.4 is 9.80 Å². The Labute approximate surface area is 153 Å². The minimum absolute atomic E-state index is 0.0221. The van der Waals surface area contributed by atoms with Crippen LogP contribution in [0, 0.1) is 13.8 Å². The van der Waals surface area contributed by atoms with Crippen LogP contribution in [0.2, 0.25) is 0 Å². The highest BCUT2D eigenvalue weighted by molar-refractivity contribution is 5.96. The van der Waals surface area contributed by atoms with Crippen molar-refractivity contribution >= 4 is 23.3 Å². The van der Waals surface area contributed by atoms with Gasteiger partial charge in [0.15, 0.2) is 5.82 Å². The molecule has 2 amide bonds. The second-order valence-corrected chi connectivity index (χ2v) is 6.61. The van der Waals surface area contributed by atoms with Gasteiger partial charge in [-0.3, -0.25) is 14.5 Å². The number of aromatic nitrogens is 1. The maximum atomic E-state index is 12.6. The van der Waals surface area contributed by atoms with Gasteiger partial charge < -0.3 is 14.3 Å². The standard InChI is InChI=1S/C19H24N4O3/c1-14-5-4-6-17(11-14)21-7-9-22(10-8-21)19(25)13-23(16(3)24)18-12-15(2)26-20-18/h4-6,11-12H,7-10,13H2,1-3H3. The first-order valence-electron chi connectivity index (χ1n) is 8.75. The lowest BCUT2D eigenvalue weighted by Crippen LogP contribution is -2.51. The Morgan fingerprint density at radius 1 is 1.15 bits per heavy atom. The highest BCUT2D eigenvalue weighted by Gasteiger charge is 2.25. The lowest BCUT2D eigenvalue weighted by atomic mass is 10.2. The summed E-state index contributed by atoms with van der Waals surface area (Å²) in [5.74, 6) is 0.669. The summed E-state index contributed by atoms with van der Waals surface area (Å²) >= 11 is 0. The molecule has 7 nitrogen and oxygen atoms in total. The van der Waals surface area contributed by atoms with E-state index in [4.69, 9.17) is 4.52 Å². The number of carbonyl (C=O) groups is 2. The van der Waals surface area contributed by atoms with Gasteiger partial charge in [-0.1, -0.05) is 17.3 Å². The van der Waals surface area contributed by atoms with Gasteiger partial charge in [0.05, 0.1) is 0 Å². The third-order valence-corrected chi connectivity index (χ3v) is 4.56. The second-order valence-electron chi connectivity index (χ2n) is 6.61. The van der Waals surface area contributed by atoms with E-state index in [1.165, 1.54) is 23.1 Å². The van der Waals surface area contributed by atoms with Crippen molar-refractivity contribution in [3.05, 3.63) is 41.7 Å². The predicted octanol–water partition coefficient (Wildman–Crippen LogP) is 1.99. The van der Waals surface area contributed by atoms with Gasteiger partial charge >= 0.3 is 0 Å². The Kier molecular flexibility index (Phi) is 5.25. The third-order valence-electron chi connectivity index (χ3n) is 4.56. The summed E-state index contributed by atoms with van der Waals surface area (Å²) in [5.41, 5.74) is 2.40. The quantitative estimate of drug-likeness (QED) is 0.838. The molecule has 0 spiro atoms. The van der Waals surface area contributed by atoms with Crippen molar-refractivity contribution < 1.29 is 14.1 Å². The van der Waals surface area contributed by atoms with Gasteiger partial charge in [0.25, 0.3) is 0 Å². The molecule has 0 radical (unpaired) electrons. The van der Waals surface area contributed by atoms with E-state index >= 15 is 0 Å². The van der Waals surface area contributed by atoms with Crippen LogP contribution >= 0.6 is 0 Å². The van der Waals surface area contributed by atoms with Crippen LogP contribution in [0.15, 0.2) is 34.9 Å². The Balaban J connectivity index is 1.60. The van der Waals surface area contributed by atoms with Gasteiger partial charge in [0.1, 0.15) is 12.3 Å². The number of amides is 2. The molecule has 26 heavy (non-hydrogen) atoms. The van der Waals surface area contributed by atoms with E-state index in [9.17, 15) is 9.59 Å². The Morgan fingerprint density at radius 3 is 2.46 bits per heavy atom. The molecular weight excluding hydrogens is 332 g/mol. The van der Waals surface area contributed by atoms with Crippen LogP contribution in [-0.2, 0) is 9.59 Å². The summed E-state index contributed by atoms with van der Waals surface area (Å²) in [7, 11) is 0. The molecule has 1 aromatic carbocycles. The summed E-state index contributed by atoms with van der Waals surface area (Å²) in [4.78, 5) is 30.0. The van der Waals surface area contributed by atoms with E-state index in [1.807, 2.05) is 6.07 Å². The van der Waals surface area contributed by atoms with Crippen molar-refractivity contribution in [2.45, 2.75) is 20.8 Å². The van der Waals surface area contributed by atoms with Gasteiger partial charge in [-0.05, 0) is 31.5 Å². The molecule has 3 rings (SSSR count). The van der Waals surface area contributed by atoms with E-state index in [2.05, 4.69) is 35.2 Å². The summed E-state index contributed by atoms with van der Waals surface area (Å²) in [5, 5.41) is 3.85. The Bertz CT molecular complexity index is 794. The fourth-order valence-corrected chi connectivity index (χ4v) is 3.11. The fourth-order valence-electron chi connectivity index (χ4n) is 3.11. The van der Waals surface area contributed by atoms with Crippen molar-refractivity contribution in [1.29, 1.82) is 0 Å². The molecule has 138 valence electrons. The lowest BCUT2D eigenvalue weighted by Gasteiger charge is -2.36. The molecule has 0 aliphatic carbocycles. The van der Waals surface area contributed by atoms with Crippen LogP contribution in [0.4, 0.5) is 11.5 Å². The number of hydrogen-bond acceptors (Lipinski definition) is 5. The molecule has 2 heterocycles. The van der Waals surface area contributed by atoms with Gasteiger partial charge in [0, 0.05) is 44.9 Å². The monoisotopic (exact) mass is 356 g/mol. The molecule has 2 aromatic rings. The van der Waals surface area contributed by atoms with E-state index in [-0.39, 0.29) is 18.4 Å². The molecule has 1 fully saturated rings. The number of aryl methyl sites for hydroxylation is 2. The van der Waals surface area contributed by atoms with Crippen LogP contribution in [0.1, 0.15) is 18.2 Å². The van der Waals surface area contributed by atoms with Crippen LogP contribution in [0.25, 0.3) is 0 Å². The number of anilines is 2. The second kappa shape index (κ2) is 7.59. The lowest BCUT2D eigenvalue weighted by molar-refractivity contribution is -0.131. The van der Waals surface area contributed by atoms with Gasteiger partial charge in [-0.15, -0.1) is 0 Å². The topological polar surface area (TPSA) is 69.9 Å².